The topological polar surface area (TPSA) is 69.6 Å². The quantitative estimate of drug-likeness (QED) is 0.495. The summed E-state index contributed by atoms with van der Waals surface area (Å²) < 4.78 is 49.8. The third-order valence-electron chi connectivity index (χ3n) is 4.42. The highest BCUT2D eigenvalue weighted by atomic mass is 16.4. The molecule has 150 valence electrons. The first kappa shape index (κ1) is 14.1. The lowest BCUT2D eigenvalue weighted by atomic mass is 9.99. The van der Waals surface area contributed by atoms with Gasteiger partial charge in [-0.2, -0.15) is 0 Å². The number of carboxylic acids is 1. The van der Waals surface area contributed by atoms with Crippen LogP contribution in [0.15, 0.2) is 72.7 Å². The molecule has 3 aromatic rings. The second kappa shape index (κ2) is 10.0. The van der Waals surface area contributed by atoms with Gasteiger partial charge in [0.2, 0.25) is 0 Å². The molecule has 3 rings (SSSR count). The van der Waals surface area contributed by atoms with Crippen molar-refractivity contribution in [3.63, 3.8) is 0 Å². The van der Waals surface area contributed by atoms with Crippen molar-refractivity contribution in [2.75, 3.05) is 13.0 Å². The van der Waals surface area contributed by atoms with Gasteiger partial charge >= 0.3 is 5.97 Å². The van der Waals surface area contributed by atoms with Gasteiger partial charge in [-0.15, -0.1) is 0 Å². The van der Waals surface area contributed by atoms with Crippen molar-refractivity contribution in [3.05, 3.63) is 95.0 Å². The molecule has 0 fully saturated rings. The number of nitrogens with one attached hydrogen (secondary N) is 1. The zero-order chi connectivity index (χ0) is 25.9. The Morgan fingerprint density at radius 1 is 1.17 bits per heavy atom. The number of carbonyl (C=O) groups is 1. The number of aromatic carboxylic acids is 1. The Bertz CT molecular complexity index is 1250. The van der Waals surface area contributed by atoms with E-state index in [9.17, 15) is 15.0 Å². The zero-order valence-corrected chi connectivity index (χ0v) is 16.1. The number of aryl methyl sites for hydroxylation is 1. The lowest BCUT2D eigenvalue weighted by Crippen LogP contribution is -2.22. The number of hydrogen-bond acceptors (Lipinski definition) is 3. The van der Waals surface area contributed by atoms with Crippen LogP contribution in [0.25, 0.3) is 11.1 Å². The van der Waals surface area contributed by atoms with Gasteiger partial charge < -0.3 is 15.5 Å². The van der Waals surface area contributed by atoms with Crippen molar-refractivity contribution in [1.82, 2.24) is 5.32 Å². The van der Waals surface area contributed by atoms with E-state index >= 15 is 0 Å². The highest BCUT2D eigenvalue weighted by molar-refractivity contribution is 5.89. The van der Waals surface area contributed by atoms with E-state index in [1.54, 1.807) is 6.07 Å². The molecule has 0 saturated heterocycles. The van der Waals surface area contributed by atoms with E-state index in [4.69, 9.17) is 8.22 Å². The molecule has 3 N–H and O–H groups in total. The van der Waals surface area contributed by atoms with E-state index in [2.05, 4.69) is 5.32 Å². The van der Waals surface area contributed by atoms with E-state index in [0.717, 1.165) is 5.56 Å². The van der Waals surface area contributed by atoms with E-state index in [-0.39, 0.29) is 59.8 Å². The first-order valence-corrected chi connectivity index (χ1v) is 9.34. The fourth-order valence-electron chi connectivity index (χ4n) is 2.90. The maximum atomic E-state index is 11.3. The first-order chi connectivity index (χ1) is 16.4. The predicted octanol–water partition coefficient (Wildman–Crippen LogP) is 4.62. The second-order valence-electron chi connectivity index (χ2n) is 6.73. The van der Waals surface area contributed by atoms with Crippen LogP contribution in [0.2, 0.25) is 0 Å². The molecule has 1 atom stereocenters. The molecule has 0 saturated carbocycles. The van der Waals surface area contributed by atoms with Gasteiger partial charge in [0, 0.05) is 9.29 Å². The molecule has 0 bridgehead atoms. The Hall–Kier alpha value is -2.95. The largest absolute Gasteiger partial charge is 0.478 e. The Morgan fingerprint density at radius 2 is 2.00 bits per heavy atom. The maximum absolute atomic E-state index is 11.3. The minimum absolute atomic E-state index is 0.0305. The van der Waals surface area contributed by atoms with Crippen LogP contribution in [-0.4, -0.2) is 29.2 Å². The Balaban J connectivity index is 1.82. The van der Waals surface area contributed by atoms with Crippen molar-refractivity contribution in [2.24, 2.45) is 0 Å². The van der Waals surface area contributed by atoms with Gasteiger partial charge in [-0.05, 0) is 60.6 Å². The summed E-state index contributed by atoms with van der Waals surface area (Å²) in [5, 5.41) is 22.4. The summed E-state index contributed by atoms with van der Waals surface area (Å²) in [5.41, 5.74) is 2.02. The molecule has 0 radical (unpaired) electrons. The molecule has 0 amide bonds. The number of rotatable bonds is 9. The molecule has 0 aliphatic rings. The zero-order valence-electron chi connectivity index (χ0n) is 22.1. The molecule has 0 unspecified atom stereocenters. The average molecular weight is 396 g/mol. The van der Waals surface area contributed by atoms with Gasteiger partial charge in [-0.1, -0.05) is 66.1 Å². The third kappa shape index (κ3) is 6.01. The summed E-state index contributed by atoms with van der Waals surface area (Å²) in [6.45, 7) is -0.0793. The molecular formula is C25H27NO3. The summed E-state index contributed by atoms with van der Waals surface area (Å²) in [5.74, 6) is -1.17. The minimum Gasteiger partial charge on any atom is -0.478 e. The van der Waals surface area contributed by atoms with Crippen LogP contribution in [0.5, 0.6) is 0 Å². The van der Waals surface area contributed by atoms with Crippen molar-refractivity contribution < 1.29 is 23.2 Å². The van der Waals surface area contributed by atoms with Gasteiger partial charge in [0.05, 0.1) is 17.2 Å². The summed E-state index contributed by atoms with van der Waals surface area (Å²) in [6, 6.07) is 11.7. The molecular weight excluding hydrogens is 362 g/mol. The molecule has 3 aromatic carbocycles. The number of aliphatic hydroxyl groups is 1. The normalized spacial score (nSPS) is 15.4. The average Bonchev–Trinajstić information content (AvgIpc) is 2.81. The highest BCUT2D eigenvalue weighted by Crippen LogP contribution is 2.22. The summed E-state index contributed by atoms with van der Waals surface area (Å²) in [6.07, 6.45) is -1.12. The molecule has 0 aliphatic heterocycles. The van der Waals surface area contributed by atoms with Crippen LogP contribution in [-0.2, 0) is 6.42 Å². The Kier molecular flexibility index (Phi) is 4.87. The van der Waals surface area contributed by atoms with Crippen LogP contribution in [0, 0.1) is 6.92 Å². The van der Waals surface area contributed by atoms with Gasteiger partial charge in [-0.25, -0.2) is 4.79 Å². The first-order valence-electron chi connectivity index (χ1n) is 12.3. The minimum atomic E-state index is -1.94. The summed E-state index contributed by atoms with van der Waals surface area (Å²) in [4.78, 5) is 11.3. The second-order valence-corrected chi connectivity index (χ2v) is 6.73. The van der Waals surface area contributed by atoms with Crippen LogP contribution in [0.4, 0.5) is 0 Å². The van der Waals surface area contributed by atoms with Crippen LogP contribution in [0.3, 0.4) is 0 Å². The Morgan fingerprint density at radius 3 is 2.79 bits per heavy atom. The Labute approximate surface area is 180 Å². The molecule has 29 heavy (non-hydrogen) atoms. The fraction of sp³-hybridized carbons (Fsp3) is 0.240. The fourth-order valence-corrected chi connectivity index (χ4v) is 2.90. The lowest BCUT2D eigenvalue weighted by Gasteiger charge is -2.13. The molecule has 4 heteroatoms. The molecule has 4 nitrogen and oxygen atoms in total. The van der Waals surface area contributed by atoms with Gasteiger partial charge in [-0.3, -0.25) is 0 Å². The highest BCUT2D eigenvalue weighted by Gasteiger charge is 2.07. The molecule has 0 aliphatic carbocycles. The SMILES string of the molecule is [2H]c1c([2H])c(CCC([2H])([2H])NC[C@H](O)c2cccc(C)c2)c([2H])c(-c2cccc(C(=O)O)c2)c1[2H]. The van der Waals surface area contributed by atoms with Gasteiger partial charge in [0.15, 0.2) is 0 Å². The van der Waals surface area contributed by atoms with Gasteiger partial charge in [0.25, 0.3) is 0 Å². The lowest BCUT2D eigenvalue weighted by molar-refractivity contribution is 0.0697. The van der Waals surface area contributed by atoms with E-state index in [1.807, 2.05) is 25.1 Å². The monoisotopic (exact) mass is 395 g/mol. The van der Waals surface area contributed by atoms with Crippen molar-refractivity contribution in [1.29, 1.82) is 0 Å². The smallest absolute Gasteiger partial charge is 0.335 e. The van der Waals surface area contributed by atoms with Crippen LogP contribution < -0.4 is 5.32 Å². The summed E-state index contributed by atoms with van der Waals surface area (Å²) in [7, 11) is 0. The summed E-state index contributed by atoms with van der Waals surface area (Å²) >= 11 is 0. The van der Waals surface area contributed by atoms with Crippen molar-refractivity contribution in [2.45, 2.75) is 25.9 Å². The van der Waals surface area contributed by atoms with E-state index in [1.165, 1.54) is 24.3 Å². The number of aliphatic hydroxyl groups excluding tert-OH is 1. The van der Waals surface area contributed by atoms with Crippen molar-refractivity contribution in [3.8, 4) is 11.1 Å². The van der Waals surface area contributed by atoms with E-state index in [0.29, 0.717) is 5.56 Å². The number of carboxylic acid groups (broad SMARTS) is 1. The number of hydrogen-bond donors (Lipinski definition) is 3. The molecule has 0 aromatic heterocycles. The van der Waals surface area contributed by atoms with Gasteiger partial charge in [0.1, 0.15) is 0 Å². The predicted molar refractivity (Wildman–Crippen MR) is 116 cm³/mol. The standard InChI is InChI=1S/C25H27NO3/c1-18-6-2-11-22(14-18)24(27)17-26-13-5-8-19-7-3-9-20(15-19)21-10-4-12-23(16-21)25(28)29/h2-4,6-7,9-12,14-16,24,26-27H,5,8,13,17H2,1H3,(H,28,29)/t24-/m0/s1/i3D,7D,9D,13D2,15D. The molecule has 0 heterocycles. The van der Waals surface area contributed by atoms with Crippen LogP contribution in [0.1, 0.15) is 47.8 Å². The van der Waals surface area contributed by atoms with Crippen molar-refractivity contribution >= 4 is 5.97 Å². The van der Waals surface area contributed by atoms with Crippen LogP contribution >= 0.6 is 0 Å². The van der Waals surface area contributed by atoms with E-state index < -0.39 is 24.6 Å². The number of benzene rings is 3. The molecule has 0 spiro atoms. The maximum Gasteiger partial charge on any atom is 0.335 e. The third-order valence-corrected chi connectivity index (χ3v) is 4.42.